The minimum Gasteiger partial charge on any atom is -0.290 e. The van der Waals surface area contributed by atoms with Gasteiger partial charge in [0.2, 0.25) is 5.82 Å². The molecule has 0 radical (unpaired) electrons. The molecule has 0 aliphatic heterocycles. The zero-order valence-corrected chi connectivity index (χ0v) is 18.0. The number of tetrazole rings is 1. The average molecular weight is 421 g/mol. The van der Waals surface area contributed by atoms with Crippen LogP contribution in [-0.4, -0.2) is 35.5 Å². The fraction of sp³-hybridized carbons (Fsp3) is 0.318. The summed E-state index contributed by atoms with van der Waals surface area (Å²) in [5.41, 5.74) is 2.82. The molecule has 4 rings (SSSR count). The van der Waals surface area contributed by atoms with Gasteiger partial charge in [-0.2, -0.15) is 4.80 Å². The third-order valence-corrected chi connectivity index (χ3v) is 6.02. The van der Waals surface area contributed by atoms with E-state index in [1.807, 2.05) is 55.5 Å². The second-order valence-electron chi connectivity index (χ2n) is 7.26. The molecule has 2 aromatic carbocycles. The topological polar surface area (TPSA) is 78.5 Å². The van der Waals surface area contributed by atoms with Crippen molar-refractivity contribution in [2.24, 2.45) is 7.05 Å². The molecule has 0 atom stereocenters. The van der Waals surface area contributed by atoms with Gasteiger partial charge in [-0.05, 0) is 37.1 Å². The Morgan fingerprint density at radius 3 is 2.70 bits per heavy atom. The Labute approximate surface area is 179 Å². The molecule has 0 saturated carbocycles. The number of hydrogen-bond acceptors (Lipinski definition) is 6. The smallest absolute Gasteiger partial charge is 0.261 e. The molecule has 0 spiro atoms. The molecule has 0 aliphatic rings. The molecular weight excluding hydrogens is 396 g/mol. The molecular formula is C22H24N6OS. The Morgan fingerprint density at radius 2 is 1.87 bits per heavy atom. The fourth-order valence-corrected chi connectivity index (χ4v) is 4.20. The van der Waals surface area contributed by atoms with Gasteiger partial charge in [0.15, 0.2) is 5.16 Å². The molecule has 2 aromatic heterocycles. The number of hydrogen-bond donors (Lipinski definition) is 0. The van der Waals surface area contributed by atoms with Gasteiger partial charge < -0.3 is 0 Å². The molecule has 2 heterocycles. The highest BCUT2D eigenvalue weighted by molar-refractivity contribution is 7.99. The Morgan fingerprint density at radius 1 is 1.03 bits per heavy atom. The molecule has 154 valence electrons. The maximum atomic E-state index is 12.6. The second kappa shape index (κ2) is 9.21. The lowest BCUT2D eigenvalue weighted by atomic mass is 10.2. The standard InChI is InChI=1S/C22H24N6OS/c1-16-11-12-19-18(15-16)21(29)27(2)22(23-19)30-14-8-4-7-13-28-25-20(24-26-28)17-9-5-3-6-10-17/h3,5-6,9-12,15H,4,7-8,13-14H2,1-2H3. The monoisotopic (exact) mass is 420 g/mol. The van der Waals surface area contributed by atoms with Crippen LogP contribution in [-0.2, 0) is 13.6 Å². The lowest BCUT2D eigenvalue weighted by molar-refractivity contribution is 0.487. The Bertz CT molecular complexity index is 1200. The summed E-state index contributed by atoms with van der Waals surface area (Å²) in [5, 5.41) is 14.1. The molecule has 7 nitrogen and oxygen atoms in total. The minimum atomic E-state index is 0.0117. The van der Waals surface area contributed by atoms with Gasteiger partial charge in [-0.15, -0.1) is 10.2 Å². The third-order valence-electron chi connectivity index (χ3n) is 4.91. The average Bonchev–Trinajstić information content (AvgIpc) is 3.24. The predicted molar refractivity (Wildman–Crippen MR) is 120 cm³/mol. The molecule has 8 heteroatoms. The number of fused-ring (bicyclic) bond motifs is 1. The molecule has 4 aromatic rings. The Balaban J connectivity index is 1.26. The maximum absolute atomic E-state index is 12.6. The summed E-state index contributed by atoms with van der Waals surface area (Å²) < 4.78 is 1.65. The van der Waals surface area contributed by atoms with Gasteiger partial charge in [-0.1, -0.05) is 60.1 Å². The summed E-state index contributed by atoms with van der Waals surface area (Å²) in [6.45, 7) is 2.73. The van der Waals surface area contributed by atoms with Crippen molar-refractivity contribution < 1.29 is 0 Å². The summed E-state index contributed by atoms with van der Waals surface area (Å²) >= 11 is 1.63. The number of benzene rings is 2. The van der Waals surface area contributed by atoms with Crippen molar-refractivity contribution in [1.29, 1.82) is 0 Å². The first kappa shape index (κ1) is 20.3. The number of unbranched alkanes of at least 4 members (excludes halogenated alkanes) is 2. The van der Waals surface area contributed by atoms with Crippen LogP contribution in [0.15, 0.2) is 58.5 Å². The highest BCUT2D eigenvalue weighted by Crippen LogP contribution is 2.19. The highest BCUT2D eigenvalue weighted by Gasteiger charge is 2.09. The van der Waals surface area contributed by atoms with Crippen LogP contribution in [0.25, 0.3) is 22.3 Å². The van der Waals surface area contributed by atoms with E-state index in [4.69, 9.17) is 0 Å². The van der Waals surface area contributed by atoms with Gasteiger partial charge in [0.25, 0.3) is 5.56 Å². The van der Waals surface area contributed by atoms with E-state index in [9.17, 15) is 4.79 Å². The first-order valence-corrected chi connectivity index (χ1v) is 11.0. The van der Waals surface area contributed by atoms with E-state index in [-0.39, 0.29) is 5.56 Å². The summed E-state index contributed by atoms with van der Waals surface area (Å²) in [7, 11) is 1.79. The third kappa shape index (κ3) is 4.59. The Kier molecular flexibility index (Phi) is 6.23. The van der Waals surface area contributed by atoms with Crippen LogP contribution >= 0.6 is 11.8 Å². The van der Waals surface area contributed by atoms with E-state index >= 15 is 0 Å². The van der Waals surface area contributed by atoms with Crippen LogP contribution in [0.4, 0.5) is 0 Å². The first-order chi connectivity index (χ1) is 14.6. The normalized spacial score (nSPS) is 11.3. The number of aryl methyl sites for hydroxylation is 2. The van der Waals surface area contributed by atoms with E-state index in [1.54, 1.807) is 28.2 Å². The quantitative estimate of drug-likeness (QED) is 0.245. The SMILES string of the molecule is Cc1ccc2nc(SCCCCCn3nnc(-c4ccccc4)n3)n(C)c(=O)c2c1. The van der Waals surface area contributed by atoms with Crippen LogP contribution in [0.1, 0.15) is 24.8 Å². The molecule has 0 amide bonds. The Hall–Kier alpha value is -3.00. The lowest BCUT2D eigenvalue weighted by Crippen LogP contribution is -2.20. The number of nitrogens with zero attached hydrogens (tertiary/aromatic N) is 6. The molecule has 30 heavy (non-hydrogen) atoms. The first-order valence-electron chi connectivity index (χ1n) is 10.1. The van der Waals surface area contributed by atoms with Crippen molar-refractivity contribution in [3.8, 4) is 11.4 Å². The van der Waals surface area contributed by atoms with Gasteiger partial charge in [-0.25, -0.2) is 4.98 Å². The van der Waals surface area contributed by atoms with Crippen LogP contribution in [0.2, 0.25) is 0 Å². The van der Waals surface area contributed by atoms with E-state index in [0.717, 1.165) is 53.4 Å². The highest BCUT2D eigenvalue weighted by atomic mass is 32.2. The summed E-state index contributed by atoms with van der Waals surface area (Å²) in [4.78, 5) is 18.9. The summed E-state index contributed by atoms with van der Waals surface area (Å²) in [6.07, 6.45) is 3.07. The van der Waals surface area contributed by atoms with Crippen molar-refractivity contribution in [2.75, 3.05) is 5.75 Å². The van der Waals surface area contributed by atoms with E-state index in [0.29, 0.717) is 11.2 Å². The predicted octanol–water partition coefficient (Wildman–Crippen LogP) is 3.86. The van der Waals surface area contributed by atoms with E-state index in [2.05, 4.69) is 20.4 Å². The molecule has 0 fully saturated rings. The number of aromatic nitrogens is 6. The molecule has 0 aliphatic carbocycles. The van der Waals surface area contributed by atoms with E-state index < -0.39 is 0 Å². The van der Waals surface area contributed by atoms with Crippen molar-refractivity contribution in [1.82, 2.24) is 29.8 Å². The zero-order chi connectivity index (χ0) is 20.9. The van der Waals surface area contributed by atoms with Gasteiger partial charge in [0.05, 0.1) is 17.4 Å². The summed E-state index contributed by atoms with van der Waals surface area (Å²) in [6, 6.07) is 15.7. The molecule has 0 saturated heterocycles. The van der Waals surface area contributed by atoms with Crippen molar-refractivity contribution in [3.05, 3.63) is 64.4 Å². The van der Waals surface area contributed by atoms with Crippen molar-refractivity contribution >= 4 is 22.7 Å². The van der Waals surface area contributed by atoms with Gasteiger partial charge in [-0.3, -0.25) is 9.36 Å². The molecule has 0 N–H and O–H groups in total. The van der Waals surface area contributed by atoms with Crippen molar-refractivity contribution in [3.63, 3.8) is 0 Å². The number of thioether (sulfide) groups is 1. The van der Waals surface area contributed by atoms with E-state index in [1.165, 1.54) is 0 Å². The van der Waals surface area contributed by atoms with Crippen LogP contribution < -0.4 is 5.56 Å². The summed E-state index contributed by atoms with van der Waals surface area (Å²) in [5.74, 6) is 1.57. The van der Waals surface area contributed by atoms with Crippen molar-refractivity contribution in [2.45, 2.75) is 37.9 Å². The van der Waals surface area contributed by atoms with Gasteiger partial charge >= 0.3 is 0 Å². The van der Waals surface area contributed by atoms with Gasteiger partial charge in [0, 0.05) is 18.4 Å². The lowest BCUT2D eigenvalue weighted by Gasteiger charge is -2.09. The number of rotatable bonds is 8. The molecule has 0 bridgehead atoms. The maximum Gasteiger partial charge on any atom is 0.261 e. The zero-order valence-electron chi connectivity index (χ0n) is 17.2. The molecule has 0 unspecified atom stereocenters. The van der Waals surface area contributed by atoms with Crippen LogP contribution in [0.3, 0.4) is 0 Å². The largest absolute Gasteiger partial charge is 0.290 e. The fourth-order valence-electron chi connectivity index (χ4n) is 3.23. The van der Waals surface area contributed by atoms with Crippen LogP contribution in [0.5, 0.6) is 0 Å². The van der Waals surface area contributed by atoms with Crippen LogP contribution in [0, 0.1) is 6.92 Å². The minimum absolute atomic E-state index is 0.0117. The van der Waals surface area contributed by atoms with Gasteiger partial charge in [0.1, 0.15) is 0 Å². The second-order valence-corrected chi connectivity index (χ2v) is 8.33.